The first-order valence-electron chi connectivity index (χ1n) is 6.89. The lowest BCUT2D eigenvalue weighted by atomic mass is 10.2. The summed E-state index contributed by atoms with van der Waals surface area (Å²) in [4.78, 5) is 4.52. The molecule has 22 heavy (non-hydrogen) atoms. The molecule has 4 rings (SSSR count). The van der Waals surface area contributed by atoms with Crippen LogP contribution in [0.1, 0.15) is 6.92 Å². The van der Waals surface area contributed by atoms with Gasteiger partial charge in [-0.1, -0.05) is 0 Å². The molecule has 0 bridgehead atoms. The molecule has 0 unspecified atom stereocenters. The van der Waals surface area contributed by atoms with E-state index in [1.165, 1.54) is 0 Å². The Labute approximate surface area is 127 Å². The number of hydrogen-bond donors (Lipinski definition) is 1. The lowest BCUT2D eigenvalue weighted by Crippen LogP contribution is -2.06. The molecule has 0 fully saturated rings. The van der Waals surface area contributed by atoms with E-state index in [0.29, 0.717) is 0 Å². The Morgan fingerprint density at radius 3 is 2.27 bits per heavy atom. The van der Waals surface area contributed by atoms with Crippen molar-refractivity contribution in [3.8, 4) is 23.0 Å². The lowest BCUT2D eigenvalue weighted by Gasteiger charge is -2.07. The molecular formula is C16H14N2O4. The van der Waals surface area contributed by atoms with Gasteiger partial charge in [0.15, 0.2) is 23.0 Å². The van der Waals surface area contributed by atoms with Gasteiger partial charge >= 0.3 is 0 Å². The zero-order chi connectivity index (χ0) is 14.9. The van der Waals surface area contributed by atoms with Gasteiger partial charge in [0.2, 0.25) is 13.6 Å². The van der Waals surface area contributed by atoms with E-state index in [1.54, 1.807) is 0 Å². The Bertz CT molecular complexity index is 758. The SMILES string of the molecule is CC(=Nc1ccc2c(c1)OCO2)Nc1ccc2c(c1)OCO2. The van der Waals surface area contributed by atoms with Gasteiger partial charge in [-0.25, -0.2) is 4.99 Å². The largest absolute Gasteiger partial charge is 0.454 e. The van der Waals surface area contributed by atoms with Crippen LogP contribution >= 0.6 is 0 Å². The van der Waals surface area contributed by atoms with Crippen LogP contribution < -0.4 is 24.3 Å². The molecule has 0 spiro atoms. The quantitative estimate of drug-likeness (QED) is 0.681. The molecule has 2 heterocycles. The van der Waals surface area contributed by atoms with Crippen molar-refractivity contribution in [2.24, 2.45) is 4.99 Å². The van der Waals surface area contributed by atoms with Gasteiger partial charge in [-0.2, -0.15) is 0 Å². The molecule has 0 aromatic heterocycles. The first kappa shape index (κ1) is 12.8. The number of amidine groups is 1. The maximum absolute atomic E-state index is 5.36. The van der Waals surface area contributed by atoms with E-state index >= 15 is 0 Å². The van der Waals surface area contributed by atoms with Crippen molar-refractivity contribution in [2.75, 3.05) is 18.9 Å². The van der Waals surface area contributed by atoms with E-state index < -0.39 is 0 Å². The van der Waals surface area contributed by atoms with E-state index in [1.807, 2.05) is 43.3 Å². The Balaban J connectivity index is 1.53. The van der Waals surface area contributed by atoms with Crippen LogP contribution in [-0.4, -0.2) is 19.4 Å². The minimum absolute atomic E-state index is 0.261. The van der Waals surface area contributed by atoms with E-state index in [4.69, 9.17) is 18.9 Å². The highest BCUT2D eigenvalue weighted by Gasteiger charge is 2.14. The molecule has 112 valence electrons. The van der Waals surface area contributed by atoms with Crippen molar-refractivity contribution in [3.63, 3.8) is 0 Å². The molecule has 2 aromatic rings. The highest BCUT2D eigenvalue weighted by molar-refractivity contribution is 5.95. The van der Waals surface area contributed by atoms with Crippen LogP contribution in [0.4, 0.5) is 11.4 Å². The van der Waals surface area contributed by atoms with Gasteiger partial charge in [-0.15, -0.1) is 0 Å². The molecule has 2 aliphatic rings. The van der Waals surface area contributed by atoms with E-state index in [-0.39, 0.29) is 13.6 Å². The Hall–Kier alpha value is -2.89. The molecule has 0 atom stereocenters. The van der Waals surface area contributed by atoms with Crippen LogP contribution in [0, 0.1) is 0 Å². The van der Waals surface area contributed by atoms with Crippen molar-refractivity contribution in [3.05, 3.63) is 36.4 Å². The summed E-state index contributed by atoms with van der Waals surface area (Å²) >= 11 is 0. The zero-order valence-electron chi connectivity index (χ0n) is 12.0. The highest BCUT2D eigenvalue weighted by atomic mass is 16.7. The average molecular weight is 298 g/mol. The maximum atomic E-state index is 5.36. The molecule has 1 N–H and O–H groups in total. The third kappa shape index (κ3) is 2.39. The number of nitrogens with one attached hydrogen (secondary N) is 1. The van der Waals surface area contributed by atoms with Gasteiger partial charge in [0, 0.05) is 17.8 Å². The second kappa shape index (κ2) is 5.14. The number of hydrogen-bond acceptors (Lipinski definition) is 5. The topological polar surface area (TPSA) is 61.3 Å². The Morgan fingerprint density at radius 1 is 0.864 bits per heavy atom. The van der Waals surface area contributed by atoms with Crippen LogP contribution in [0.2, 0.25) is 0 Å². The minimum atomic E-state index is 0.261. The van der Waals surface area contributed by atoms with E-state index in [2.05, 4.69) is 10.3 Å². The van der Waals surface area contributed by atoms with Gasteiger partial charge in [0.1, 0.15) is 5.84 Å². The summed E-state index contributed by atoms with van der Waals surface area (Å²) in [6, 6.07) is 11.3. The predicted octanol–water partition coefficient (Wildman–Crippen LogP) is 3.31. The van der Waals surface area contributed by atoms with Crippen LogP contribution in [-0.2, 0) is 0 Å². The van der Waals surface area contributed by atoms with Crippen molar-refractivity contribution in [1.82, 2.24) is 0 Å². The Morgan fingerprint density at radius 2 is 1.50 bits per heavy atom. The first-order chi connectivity index (χ1) is 10.8. The number of benzene rings is 2. The molecule has 6 nitrogen and oxygen atoms in total. The van der Waals surface area contributed by atoms with Crippen LogP contribution in [0.25, 0.3) is 0 Å². The third-order valence-electron chi connectivity index (χ3n) is 3.35. The summed E-state index contributed by atoms with van der Waals surface area (Å²) in [5, 5.41) is 3.23. The summed E-state index contributed by atoms with van der Waals surface area (Å²) in [6.45, 7) is 2.43. The molecule has 0 amide bonds. The minimum Gasteiger partial charge on any atom is -0.454 e. The molecular weight excluding hydrogens is 284 g/mol. The Kier molecular flexibility index (Phi) is 3.00. The van der Waals surface area contributed by atoms with Crippen molar-refractivity contribution < 1.29 is 18.9 Å². The maximum Gasteiger partial charge on any atom is 0.231 e. The monoisotopic (exact) mass is 298 g/mol. The van der Waals surface area contributed by atoms with Gasteiger partial charge < -0.3 is 24.3 Å². The lowest BCUT2D eigenvalue weighted by molar-refractivity contribution is 0.173. The molecule has 0 saturated carbocycles. The van der Waals surface area contributed by atoms with Gasteiger partial charge in [0.05, 0.1) is 5.69 Å². The second-order valence-electron chi connectivity index (χ2n) is 4.93. The van der Waals surface area contributed by atoms with Gasteiger partial charge in [-0.3, -0.25) is 0 Å². The molecule has 0 radical (unpaired) electrons. The normalized spacial score (nSPS) is 15.0. The van der Waals surface area contributed by atoms with E-state index in [0.717, 1.165) is 40.2 Å². The summed E-state index contributed by atoms with van der Waals surface area (Å²) < 4.78 is 21.3. The van der Waals surface area contributed by atoms with Gasteiger partial charge in [-0.05, 0) is 31.2 Å². The number of ether oxygens (including phenoxy) is 4. The summed E-state index contributed by atoms with van der Waals surface area (Å²) in [7, 11) is 0. The summed E-state index contributed by atoms with van der Waals surface area (Å²) in [5.41, 5.74) is 1.70. The second-order valence-corrected chi connectivity index (χ2v) is 4.93. The van der Waals surface area contributed by atoms with Crippen molar-refractivity contribution in [1.29, 1.82) is 0 Å². The fourth-order valence-corrected chi connectivity index (χ4v) is 2.36. The van der Waals surface area contributed by atoms with Crippen molar-refractivity contribution >= 4 is 17.2 Å². The third-order valence-corrected chi connectivity index (χ3v) is 3.35. The molecule has 0 aliphatic carbocycles. The summed E-state index contributed by atoms with van der Waals surface area (Å²) in [5.74, 6) is 3.73. The zero-order valence-corrected chi connectivity index (χ0v) is 12.0. The molecule has 0 saturated heterocycles. The predicted molar refractivity (Wildman–Crippen MR) is 81.5 cm³/mol. The van der Waals surface area contributed by atoms with Crippen LogP contribution in [0.15, 0.2) is 41.4 Å². The molecule has 6 heteroatoms. The van der Waals surface area contributed by atoms with Crippen molar-refractivity contribution in [2.45, 2.75) is 6.92 Å². The molecule has 2 aromatic carbocycles. The number of aliphatic imine (C=N–C) groups is 1. The fourth-order valence-electron chi connectivity index (χ4n) is 2.36. The number of rotatable bonds is 2. The summed E-state index contributed by atoms with van der Waals surface area (Å²) in [6.07, 6.45) is 0. The van der Waals surface area contributed by atoms with Gasteiger partial charge in [0.25, 0.3) is 0 Å². The number of fused-ring (bicyclic) bond motifs is 2. The smallest absolute Gasteiger partial charge is 0.231 e. The average Bonchev–Trinajstić information content (AvgIpc) is 3.14. The fraction of sp³-hybridized carbons (Fsp3) is 0.188. The number of nitrogens with zero attached hydrogens (tertiary/aromatic N) is 1. The van der Waals surface area contributed by atoms with E-state index in [9.17, 15) is 0 Å². The van der Waals surface area contributed by atoms with Crippen LogP contribution in [0.3, 0.4) is 0 Å². The first-order valence-corrected chi connectivity index (χ1v) is 6.89. The van der Waals surface area contributed by atoms with Crippen LogP contribution in [0.5, 0.6) is 23.0 Å². The molecule has 2 aliphatic heterocycles. The number of anilines is 1. The highest BCUT2D eigenvalue weighted by Crippen LogP contribution is 2.36. The standard InChI is InChI=1S/C16H14N2O4/c1-10(17-11-2-4-13-15(6-11)21-8-19-13)18-12-3-5-14-16(7-12)22-9-20-14/h2-7H,8-9H2,1H3,(H,17,18).